The van der Waals surface area contributed by atoms with Gasteiger partial charge in [0.1, 0.15) is 4.60 Å². The molecule has 0 saturated carbocycles. The van der Waals surface area contributed by atoms with Gasteiger partial charge in [-0.1, -0.05) is 30.3 Å². The zero-order valence-electron chi connectivity index (χ0n) is 8.84. The van der Waals surface area contributed by atoms with Crippen LogP contribution in [0.3, 0.4) is 0 Å². The highest BCUT2D eigenvalue weighted by Crippen LogP contribution is 2.20. The van der Waals surface area contributed by atoms with E-state index in [1.807, 2.05) is 36.4 Å². The van der Waals surface area contributed by atoms with Crippen LogP contribution in [0.25, 0.3) is 11.1 Å². The molecular weight excluding hydrogens is 302 g/mol. The summed E-state index contributed by atoms with van der Waals surface area (Å²) in [5, 5.41) is 0. The first-order valence-corrected chi connectivity index (χ1v) is 7.00. The maximum atomic E-state index is 10.7. The quantitative estimate of drug-likeness (QED) is 0.699. The van der Waals surface area contributed by atoms with Crippen LogP contribution in [0.4, 0.5) is 0 Å². The second-order valence-corrected chi connectivity index (χ2v) is 5.28. The van der Waals surface area contributed by atoms with E-state index in [2.05, 4.69) is 20.9 Å². The van der Waals surface area contributed by atoms with Crippen LogP contribution in [0, 0.1) is 0 Å². The Kier molecular flexibility index (Phi) is 4.04. The van der Waals surface area contributed by atoms with Crippen molar-refractivity contribution in [2.45, 2.75) is 5.75 Å². The van der Waals surface area contributed by atoms with E-state index < -0.39 is 11.1 Å². The van der Waals surface area contributed by atoms with E-state index in [-0.39, 0.29) is 5.75 Å². The van der Waals surface area contributed by atoms with Gasteiger partial charge in [-0.15, -0.1) is 0 Å². The van der Waals surface area contributed by atoms with Crippen molar-refractivity contribution in [3.8, 4) is 11.1 Å². The fraction of sp³-hybridized carbons (Fsp3) is 0.0833. The largest absolute Gasteiger partial charge is 0.306 e. The Hall–Kier alpha value is -1.04. The number of hydrogen-bond acceptors (Lipinski definition) is 2. The SMILES string of the molecule is O=S(O)Cc1ccc(-c2ccc(Br)nc2)cc1. The van der Waals surface area contributed by atoms with E-state index >= 15 is 0 Å². The van der Waals surface area contributed by atoms with Crippen molar-refractivity contribution in [3.05, 3.63) is 52.8 Å². The van der Waals surface area contributed by atoms with Crippen LogP contribution >= 0.6 is 15.9 Å². The second-order valence-electron chi connectivity index (χ2n) is 3.53. The first-order chi connectivity index (χ1) is 8.15. The van der Waals surface area contributed by atoms with Crippen LogP contribution in [0.1, 0.15) is 5.56 Å². The predicted octanol–water partition coefficient (Wildman–Crippen LogP) is 3.23. The Balaban J connectivity index is 2.23. The summed E-state index contributed by atoms with van der Waals surface area (Å²) in [4.78, 5) is 4.15. The summed E-state index contributed by atoms with van der Waals surface area (Å²) in [6, 6.07) is 11.4. The Bertz CT molecular complexity index is 525. The van der Waals surface area contributed by atoms with Crippen LogP contribution in [0.2, 0.25) is 0 Å². The summed E-state index contributed by atoms with van der Waals surface area (Å²) < 4.78 is 20.2. The number of aromatic nitrogens is 1. The first kappa shape index (κ1) is 12.4. The molecule has 0 spiro atoms. The van der Waals surface area contributed by atoms with Crippen LogP contribution in [0.5, 0.6) is 0 Å². The standard InChI is InChI=1S/C12H10BrNO2S/c13-12-6-5-11(7-14-12)10-3-1-9(2-4-10)8-17(15)16/h1-7H,8H2,(H,15,16). The molecule has 1 unspecified atom stereocenters. The average Bonchev–Trinajstić information content (AvgIpc) is 2.30. The highest BCUT2D eigenvalue weighted by Gasteiger charge is 2.01. The molecule has 1 N–H and O–H groups in total. The maximum absolute atomic E-state index is 10.7. The van der Waals surface area contributed by atoms with Gasteiger partial charge in [-0.05, 0) is 33.1 Å². The molecule has 2 rings (SSSR count). The molecule has 0 saturated heterocycles. The summed E-state index contributed by atoms with van der Waals surface area (Å²) in [6.45, 7) is 0. The van der Waals surface area contributed by atoms with Gasteiger partial charge in [-0.25, -0.2) is 9.19 Å². The minimum Gasteiger partial charge on any atom is -0.306 e. The second kappa shape index (κ2) is 5.53. The Morgan fingerprint density at radius 2 is 1.76 bits per heavy atom. The molecule has 0 fully saturated rings. The maximum Gasteiger partial charge on any atom is 0.157 e. The molecule has 5 heteroatoms. The van der Waals surface area contributed by atoms with Crippen molar-refractivity contribution >= 4 is 27.0 Å². The fourth-order valence-corrected chi connectivity index (χ4v) is 2.19. The van der Waals surface area contributed by atoms with E-state index in [0.29, 0.717) is 0 Å². The molecule has 1 atom stereocenters. The van der Waals surface area contributed by atoms with Crippen molar-refractivity contribution < 1.29 is 8.76 Å². The number of nitrogens with zero attached hydrogens (tertiary/aromatic N) is 1. The Morgan fingerprint density at radius 1 is 1.12 bits per heavy atom. The summed E-state index contributed by atoms with van der Waals surface area (Å²) in [7, 11) is 0. The van der Waals surface area contributed by atoms with Crippen LogP contribution in [0.15, 0.2) is 47.2 Å². The summed E-state index contributed by atoms with van der Waals surface area (Å²) in [6.07, 6.45) is 1.78. The van der Waals surface area contributed by atoms with E-state index in [1.54, 1.807) is 6.20 Å². The van der Waals surface area contributed by atoms with E-state index in [1.165, 1.54) is 0 Å². The van der Waals surface area contributed by atoms with E-state index in [4.69, 9.17) is 4.55 Å². The molecule has 3 nitrogen and oxygen atoms in total. The number of pyridine rings is 1. The van der Waals surface area contributed by atoms with Crippen LogP contribution in [-0.2, 0) is 16.8 Å². The highest BCUT2D eigenvalue weighted by molar-refractivity contribution is 9.10. The van der Waals surface area contributed by atoms with Gasteiger partial charge in [0.05, 0.1) is 5.75 Å². The van der Waals surface area contributed by atoms with Gasteiger partial charge in [0.15, 0.2) is 11.1 Å². The molecule has 88 valence electrons. The van der Waals surface area contributed by atoms with E-state index in [9.17, 15) is 4.21 Å². The zero-order chi connectivity index (χ0) is 12.3. The Morgan fingerprint density at radius 3 is 2.29 bits per heavy atom. The van der Waals surface area contributed by atoms with Gasteiger partial charge in [0, 0.05) is 11.8 Å². The lowest BCUT2D eigenvalue weighted by molar-refractivity contribution is 0.563. The number of rotatable bonds is 3. The van der Waals surface area contributed by atoms with Gasteiger partial charge < -0.3 is 4.55 Å². The monoisotopic (exact) mass is 311 g/mol. The first-order valence-electron chi connectivity index (χ1n) is 4.93. The third-order valence-electron chi connectivity index (χ3n) is 2.30. The minimum atomic E-state index is -1.79. The Labute approximate surface area is 110 Å². The lowest BCUT2D eigenvalue weighted by Crippen LogP contribution is -1.92. The third-order valence-corrected chi connectivity index (χ3v) is 3.35. The molecule has 0 aliphatic rings. The van der Waals surface area contributed by atoms with Crippen molar-refractivity contribution in [1.29, 1.82) is 0 Å². The average molecular weight is 312 g/mol. The topological polar surface area (TPSA) is 50.2 Å². The molecular formula is C12H10BrNO2S. The van der Waals surface area contributed by atoms with Gasteiger partial charge in [-0.3, -0.25) is 0 Å². The molecule has 0 radical (unpaired) electrons. The molecule has 0 bridgehead atoms. The molecule has 1 aromatic heterocycles. The van der Waals surface area contributed by atoms with Crippen molar-refractivity contribution in [2.24, 2.45) is 0 Å². The molecule has 1 heterocycles. The van der Waals surface area contributed by atoms with Crippen molar-refractivity contribution in [3.63, 3.8) is 0 Å². The molecule has 0 aliphatic heterocycles. The van der Waals surface area contributed by atoms with Crippen molar-refractivity contribution in [2.75, 3.05) is 0 Å². The van der Waals surface area contributed by atoms with Gasteiger partial charge >= 0.3 is 0 Å². The van der Waals surface area contributed by atoms with Gasteiger partial charge in [-0.2, -0.15) is 0 Å². The molecule has 17 heavy (non-hydrogen) atoms. The highest BCUT2D eigenvalue weighted by atomic mass is 79.9. The molecule has 2 aromatic rings. The zero-order valence-corrected chi connectivity index (χ0v) is 11.2. The minimum absolute atomic E-state index is 0.166. The molecule has 1 aromatic carbocycles. The van der Waals surface area contributed by atoms with Crippen molar-refractivity contribution in [1.82, 2.24) is 4.98 Å². The smallest absolute Gasteiger partial charge is 0.157 e. The fourth-order valence-electron chi connectivity index (χ4n) is 1.48. The molecule has 0 aliphatic carbocycles. The number of benzene rings is 1. The van der Waals surface area contributed by atoms with E-state index in [0.717, 1.165) is 21.3 Å². The summed E-state index contributed by atoms with van der Waals surface area (Å²) in [5.41, 5.74) is 2.90. The normalized spacial score (nSPS) is 12.4. The predicted molar refractivity (Wildman–Crippen MR) is 71.8 cm³/mol. The van der Waals surface area contributed by atoms with Gasteiger partial charge in [0.2, 0.25) is 0 Å². The lowest BCUT2D eigenvalue weighted by Gasteiger charge is -2.03. The summed E-state index contributed by atoms with van der Waals surface area (Å²) in [5.74, 6) is 0.166. The number of hydrogen-bond donors (Lipinski definition) is 1. The third kappa shape index (κ3) is 3.46. The summed E-state index contributed by atoms with van der Waals surface area (Å²) >= 11 is 1.49. The molecule has 0 amide bonds. The number of halogens is 1. The van der Waals surface area contributed by atoms with Gasteiger partial charge in [0.25, 0.3) is 0 Å². The van der Waals surface area contributed by atoms with Crippen LogP contribution in [-0.4, -0.2) is 13.7 Å². The lowest BCUT2D eigenvalue weighted by atomic mass is 10.1. The van der Waals surface area contributed by atoms with Crippen LogP contribution < -0.4 is 0 Å².